The SMILES string of the molecule is N#Cc1cnc2ccc(C=O)cc2c1CCC(F)(F)F. The number of aryl methyl sites for hydroxylation is 1. The van der Waals surface area contributed by atoms with E-state index in [1.807, 2.05) is 6.07 Å². The normalized spacial score (nSPS) is 11.3. The second-order valence-electron chi connectivity index (χ2n) is 4.27. The average molecular weight is 278 g/mol. The Morgan fingerprint density at radius 3 is 2.70 bits per heavy atom. The molecule has 0 aliphatic heterocycles. The van der Waals surface area contributed by atoms with Crippen LogP contribution in [0.2, 0.25) is 0 Å². The molecule has 0 N–H and O–H groups in total. The summed E-state index contributed by atoms with van der Waals surface area (Å²) in [7, 11) is 0. The first kappa shape index (κ1) is 14.0. The minimum Gasteiger partial charge on any atom is -0.298 e. The van der Waals surface area contributed by atoms with Gasteiger partial charge in [-0.2, -0.15) is 18.4 Å². The number of benzene rings is 1. The van der Waals surface area contributed by atoms with Crippen molar-refractivity contribution in [2.75, 3.05) is 0 Å². The Morgan fingerprint density at radius 1 is 1.35 bits per heavy atom. The molecule has 1 heterocycles. The second kappa shape index (κ2) is 5.29. The number of halogens is 3. The van der Waals surface area contributed by atoms with Crippen LogP contribution in [0.15, 0.2) is 24.4 Å². The number of aldehydes is 1. The first-order valence-corrected chi connectivity index (χ1v) is 5.78. The molecule has 0 aliphatic carbocycles. The minimum atomic E-state index is -4.30. The number of hydrogen-bond acceptors (Lipinski definition) is 3. The molecule has 1 aromatic heterocycles. The van der Waals surface area contributed by atoms with Gasteiger partial charge >= 0.3 is 6.18 Å². The summed E-state index contributed by atoms with van der Waals surface area (Å²) < 4.78 is 37.1. The van der Waals surface area contributed by atoms with Gasteiger partial charge in [-0.15, -0.1) is 0 Å². The molecule has 0 bridgehead atoms. The molecule has 0 aliphatic rings. The van der Waals surface area contributed by atoms with Gasteiger partial charge in [0.2, 0.25) is 0 Å². The Labute approximate surface area is 112 Å². The van der Waals surface area contributed by atoms with Crippen molar-refractivity contribution in [1.29, 1.82) is 5.26 Å². The molecule has 0 atom stereocenters. The zero-order valence-corrected chi connectivity index (χ0v) is 10.2. The third-order valence-corrected chi connectivity index (χ3v) is 2.92. The van der Waals surface area contributed by atoms with Gasteiger partial charge in [-0.3, -0.25) is 9.78 Å². The highest BCUT2D eigenvalue weighted by molar-refractivity contribution is 5.89. The van der Waals surface area contributed by atoms with E-state index in [0.29, 0.717) is 22.8 Å². The van der Waals surface area contributed by atoms with E-state index in [-0.39, 0.29) is 17.5 Å². The fraction of sp³-hybridized carbons (Fsp3) is 0.214. The van der Waals surface area contributed by atoms with E-state index < -0.39 is 12.6 Å². The zero-order chi connectivity index (χ0) is 14.8. The Balaban J connectivity index is 2.58. The largest absolute Gasteiger partial charge is 0.389 e. The van der Waals surface area contributed by atoms with Gasteiger partial charge in [0, 0.05) is 23.6 Å². The summed E-state index contributed by atoms with van der Waals surface area (Å²) >= 11 is 0. The first-order valence-electron chi connectivity index (χ1n) is 5.78. The molecule has 6 heteroatoms. The van der Waals surface area contributed by atoms with Crippen molar-refractivity contribution in [3.63, 3.8) is 0 Å². The van der Waals surface area contributed by atoms with Gasteiger partial charge in [0.25, 0.3) is 0 Å². The third kappa shape index (κ3) is 2.94. The van der Waals surface area contributed by atoms with Crippen molar-refractivity contribution >= 4 is 17.2 Å². The lowest BCUT2D eigenvalue weighted by molar-refractivity contribution is -0.133. The lowest BCUT2D eigenvalue weighted by Crippen LogP contribution is -2.09. The Kier molecular flexibility index (Phi) is 3.70. The predicted octanol–water partition coefficient (Wildman–Crippen LogP) is 3.41. The van der Waals surface area contributed by atoms with E-state index in [9.17, 15) is 18.0 Å². The molecule has 0 saturated carbocycles. The number of fused-ring (bicyclic) bond motifs is 1. The molecule has 1 aromatic carbocycles. The van der Waals surface area contributed by atoms with Crippen molar-refractivity contribution in [2.45, 2.75) is 19.0 Å². The molecule has 20 heavy (non-hydrogen) atoms. The number of nitrogens with zero attached hydrogens (tertiary/aromatic N) is 2. The van der Waals surface area contributed by atoms with Crippen LogP contribution in [-0.2, 0) is 6.42 Å². The average Bonchev–Trinajstić information content (AvgIpc) is 2.42. The van der Waals surface area contributed by atoms with Gasteiger partial charge in [-0.05, 0) is 30.2 Å². The van der Waals surface area contributed by atoms with Crippen LogP contribution in [0.25, 0.3) is 10.9 Å². The van der Waals surface area contributed by atoms with E-state index in [1.165, 1.54) is 18.3 Å². The maximum absolute atomic E-state index is 12.4. The van der Waals surface area contributed by atoms with Crippen LogP contribution in [-0.4, -0.2) is 17.4 Å². The quantitative estimate of drug-likeness (QED) is 0.808. The number of carbonyl (C=O) groups excluding carboxylic acids is 1. The van der Waals surface area contributed by atoms with Crippen LogP contribution in [0.1, 0.15) is 27.9 Å². The maximum atomic E-state index is 12.4. The summed E-state index contributed by atoms with van der Waals surface area (Å²) in [6.45, 7) is 0. The van der Waals surface area contributed by atoms with Gasteiger partial charge in [-0.25, -0.2) is 0 Å². The Morgan fingerprint density at radius 2 is 2.10 bits per heavy atom. The number of pyridine rings is 1. The fourth-order valence-corrected chi connectivity index (χ4v) is 1.97. The van der Waals surface area contributed by atoms with Crippen LogP contribution in [0, 0.1) is 11.3 Å². The monoisotopic (exact) mass is 278 g/mol. The molecule has 0 radical (unpaired) electrons. The van der Waals surface area contributed by atoms with Gasteiger partial charge < -0.3 is 0 Å². The minimum absolute atomic E-state index is 0.102. The Bertz CT molecular complexity index is 702. The van der Waals surface area contributed by atoms with Gasteiger partial charge in [-0.1, -0.05) is 0 Å². The summed E-state index contributed by atoms with van der Waals surface area (Å²) in [5, 5.41) is 9.41. The lowest BCUT2D eigenvalue weighted by atomic mass is 9.98. The summed E-state index contributed by atoms with van der Waals surface area (Å²) in [4.78, 5) is 14.8. The highest BCUT2D eigenvalue weighted by Crippen LogP contribution is 2.27. The first-order chi connectivity index (χ1) is 9.44. The molecule has 3 nitrogen and oxygen atoms in total. The predicted molar refractivity (Wildman–Crippen MR) is 66.2 cm³/mol. The Hall–Kier alpha value is -2.42. The van der Waals surface area contributed by atoms with Crippen molar-refractivity contribution < 1.29 is 18.0 Å². The van der Waals surface area contributed by atoms with Gasteiger partial charge in [0.05, 0.1) is 11.1 Å². The van der Waals surface area contributed by atoms with E-state index in [2.05, 4.69) is 4.98 Å². The van der Waals surface area contributed by atoms with E-state index in [4.69, 9.17) is 5.26 Å². The second-order valence-corrected chi connectivity index (χ2v) is 4.27. The number of hydrogen-bond donors (Lipinski definition) is 0. The summed E-state index contributed by atoms with van der Waals surface area (Å²) in [5.41, 5.74) is 1.18. The maximum Gasteiger partial charge on any atom is 0.389 e. The zero-order valence-electron chi connectivity index (χ0n) is 10.2. The molecule has 0 unspecified atom stereocenters. The van der Waals surface area contributed by atoms with Crippen molar-refractivity contribution in [2.24, 2.45) is 0 Å². The van der Waals surface area contributed by atoms with Crippen LogP contribution in [0.3, 0.4) is 0 Å². The van der Waals surface area contributed by atoms with Crippen molar-refractivity contribution in [3.05, 3.63) is 41.1 Å². The van der Waals surface area contributed by atoms with E-state index >= 15 is 0 Å². The number of nitriles is 1. The van der Waals surface area contributed by atoms with Crippen molar-refractivity contribution in [3.8, 4) is 6.07 Å². The van der Waals surface area contributed by atoms with Crippen LogP contribution in [0.4, 0.5) is 13.2 Å². The van der Waals surface area contributed by atoms with Crippen LogP contribution >= 0.6 is 0 Å². The molecule has 0 saturated heterocycles. The smallest absolute Gasteiger partial charge is 0.298 e. The topological polar surface area (TPSA) is 53.8 Å². The molecular formula is C14H9F3N2O. The van der Waals surface area contributed by atoms with Crippen LogP contribution in [0.5, 0.6) is 0 Å². The molecule has 0 spiro atoms. The van der Waals surface area contributed by atoms with Crippen molar-refractivity contribution in [1.82, 2.24) is 4.98 Å². The van der Waals surface area contributed by atoms with E-state index in [1.54, 1.807) is 6.07 Å². The van der Waals surface area contributed by atoms with Crippen LogP contribution < -0.4 is 0 Å². The molecule has 0 amide bonds. The highest BCUT2D eigenvalue weighted by atomic mass is 19.4. The molecule has 102 valence electrons. The number of carbonyl (C=O) groups is 1. The number of alkyl halides is 3. The number of aromatic nitrogens is 1. The number of rotatable bonds is 3. The van der Waals surface area contributed by atoms with Gasteiger partial charge in [0.15, 0.2) is 0 Å². The summed E-state index contributed by atoms with van der Waals surface area (Å²) in [6, 6.07) is 6.39. The lowest BCUT2D eigenvalue weighted by Gasteiger charge is -2.10. The summed E-state index contributed by atoms with van der Waals surface area (Å²) in [5.74, 6) is 0. The third-order valence-electron chi connectivity index (χ3n) is 2.92. The highest BCUT2D eigenvalue weighted by Gasteiger charge is 2.27. The molecular weight excluding hydrogens is 269 g/mol. The fourth-order valence-electron chi connectivity index (χ4n) is 1.97. The van der Waals surface area contributed by atoms with E-state index in [0.717, 1.165) is 0 Å². The van der Waals surface area contributed by atoms with Gasteiger partial charge in [0.1, 0.15) is 12.4 Å². The molecule has 2 aromatic rings. The molecule has 2 rings (SSSR count). The summed E-state index contributed by atoms with van der Waals surface area (Å²) in [6.07, 6.45) is -3.77. The standard InChI is InChI=1S/C14H9F3N2O/c15-14(16,17)4-3-11-10(6-18)7-19-13-2-1-9(8-20)5-12(11)13/h1-2,5,7-8H,3-4H2. The molecule has 0 fully saturated rings.